The van der Waals surface area contributed by atoms with Crippen LogP contribution in [-0.4, -0.2) is 59.0 Å². The molecule has 3 aliphatic rings. The fourth-order valence-corrected chi connectivity index (χ4v) is 4.51. The highest BCUT2D eigenvalue weighted by Crippen LogP contribution is 2.52. The van der Waals surface area contributed by atoms with Crippen LogP contribution in [0.25, 0.3) is 0 Å². The second kappa shape index (κ2) is 5.05. The van der Waals surface area contributed by atoms with Crippen LogP contribution in [0.5, 0.6) is 0 Å². The third-order valence-corrected chi connectivity index (χ3v) is 5.71. The summed E-state index contributed by atoms with van der Waals surface area (Å²) in [6.45, 7) is -0.361. The second-order valence-electron chi connectivity index (χ2n) is 6.74. The number of fused-ring (bicyclic) bond motifs is 5. The van der Waals surface area contributed by atoms with Gasteiger partial charge in [-0.05, 0) is 36.9 Å². The molecule has 2 N–H and O–H groups in total. The molecule has 5 nitrogen and oxygen atoms in total. The molecule has 0 spiro atoms. The molecule has 0 saturated carbocycles. The molecule has 0 radical (unpaired) electrons. The van der Waals surface area contributed by atoms with Crippen LogP contribution in [0.1, 0.15) is 35.8 Å². The summed E-state index contributed by atoms with van der Waals surface area (Å²) in [6, 6.07) is 8.59. The molecule has 5 heteroatoms. The van der Waals surface area contributed by atoms with Gasteiger partial charge in [-0.3, -0.25) is 9.69 Å². The van der Waals surface area contributed by atoms with Crippen molar-refractivity contribution in [3.8, 4) is 0 Å². The van der Waals surface area contributed by atoms with Crippen molar-refractivity contribution in [2.24, 2.45) is 0 Å². The van der Waals surface area contributed by atoms with Crippen LogP contribution in [0.3, 0.4) is 0 Å². The van der Waals surface area contributed by atoms with Gasteiger partial charge in [0.1, 0.15) is 18.1 Å². The van der Waals surface area contributed by atoms with Crippen LogP contribution in [-0.2, 0) is 9.53 Å². The van der Waals surface area contributed by atoms with Crippen LogP contribution >= 0.6 is 0 Å². The molecule has 0 aromatic heterocycles. The third-order valence-electron chi connectivity index (χ3n) is 5.71. The number of ether oxygens (including phenoxy) is 1. The number of morpholine rings is 1. The maximum atomic E-state index is 11.4. The first-order valence-electron chi connectivity index (χ1n) is 7.91. The minimum absolute atomic E-state index is 0.354. The maximum Gasteiger partial charge on any atom is 0.313 e. The molecule has 2 unspecified atom stereocenters. The Labute approximate surface area is 129 Å². The Morgan fingerprint density at radius 2 is 1.95 bits per heavy atom. The highest BCUT2D eigenvalue weighted by molar-refractivity contribution is 5.77. The van der Waals surface area contributed by atoms with Gasteiger partial charge < -0.3 is 14.9 Å². The van der Waals surface area contributed by atoms with E-state index in [1.807, 2.05) is 24.3 Å². The summed E-state index contributed by atoms with van der Waals surface area (Å²) >= 11 is 0. The van der Waals surface area contributed by atoms with Crippen molar-refractivity contribution in [3.63, 3.8) is 0 Å². The number of aliphatic hydroxyl groups is 1. The first kappa shape index (κ1) is 14.2. The lowest BCUT2D eigenvalue weighted by Gasteiger charge is -2.39. The number of nitrogens with zero attached hydrogens (tertiary/aromatic N) is 1. The Morgan fingerprint density at radius 1 is 1.32 bits per heavy atom. The Bertz CT molecular complexity index is 586. The maximum absolute atomic E-state index is 11.4. The van der Waals surface area contributed by atoms with Crippen molar-refractivity contribution in [1.82, 2.24) is 4.90 Å². The van der Waals surface area contributed by atoms with Gasteiger partial charge in [-0.1, -0.05) is 24.3 Å². The molecule has 118 valence electrons. The number of benzene rings is 1. The van der Waals surface area contributed by atoms with Crippen molar-refractivity contribution in [1.29, 1.82) is 0 Å². The van der Waals surface area contributed by atoms with Crippen molar-refractivity contribution < 1.29 is 19.7 Å². The number of carbonyl (C=O) groups is 1. The van der Waals surface area contributed by atoms with Crippen LogP contribution in [0, 0.1) is 0 Å². The molecule has 3 fully saturated rings. The monoisotopic (exact) mass is 303 g/mol. The zero-order valence-corrected chi connectivity index (χ0v) is 12.6. The van der Waals surface area contributed by atoms with E-state index in [9.17, 15) is 15.0 Å². The molecule has 2 bridgehead atoms. The minimum Gasteiger partial charge on any atom is -0.481 e. The van der Waals surface area contributed by atoms with E-state index in [0.717, 1.165) is 24.0 Å². The van der Waals surface area contributed by atoms with Crippen LogP contribution in [0.2, 0.25) is 0 Å². The van der Waals surface area contributed by atoms with Gasteiger partial charge in [0, 0.05) is 12.1 Å². The van der Waals surface area contributed by atoms with Gasteiger partial charge in [-0.25, -0.2) is 0 Å². The normalized spacial score (nSPS) is 37.6. The van der Waals surface area contributed by atoms with E-state index in [1.165, 1.54) is 0 Å². The summed E-state index contributed by atoms with van der Waals surface area (Å²) in [4.78, 5) is 13.9. The lowest BCUT2D eigenvalue weighted by molar-refractivity contribution is -0.139. The number of hydrogen-bond acceptors (Lipinski definition) is 4. The molecule has 3 aliphatic heterocycles. The highest BCUT2D eigenvalue weighted by Gasteiger charge is 2.62. The van der Waals surface area contributed by atoms with Gasteiger partial charge >= 0.3 is 5.97 Å². The highest BCUT2D eigenvalue weighted by atomic mass is 16.6. The number of piperidine rings is 1. The van der Waals surface area contributed by atoms with Crippen molar-refractivity contribution in [2.75, 3.05) is 13.7 Å². The SMILES string of the molecule is CN1[C@@H]2CC(c3ccccc3C(CO)C(=O)O)C[C@@H]1[C@H]1O[C@H]12. The van der Waals surface area contributed by atoms with Gasteiger partial charge in [-0.2, -0.15) is 0 Å². The number of hydrogen-bond donors (Lipinski definition) is 2. The standard InChI is InChI=1S/C17H21NO4/c1-18-13-6-9(7-14(18)16-15(13)22-16)10-4-2-3-5-11(10)12(8-19)17(20)21/h2-5,9,12-16,19H,6-8H2,1H3,(H,20,21)/t9?,12?,13-,14-,15-,16+/m1/s1. The number of carboxylic acid groups (broad SMARTS) is 1. The third kappa shape index (κ3) is 2.00. The first-order chi connectivity index (χ1) is 10.6. The van der Waals surface area contributed by atoms with Gasteiger partial charge in [0.25, 0.3) is 0 Å². The van der Waals surface area contributed by atoms with Crippen LogP contribution in [0.4, 0.5) is 0 Å². The van der Waals surface area contributed by atoms with E-state index in [0.29, 0.717) is 30.2 Å². The lowest BCUT2D eigenvalue weighted by Crippen LogP contribution is -2.44. The Kier molecular flexibility index (Phi) is 3.25. The fourth-order valence-electron chi connectivity index (χ4n) is 4.51. The first-order valence-corrected chi connectivity index (χ1v) is 7.91. The van der Waals surface area contributed by atoms with Gasteiger partial charge in [0.2, 0.25) is 0 Å². The summed E-state index contributed by atoms with van der Waals surface area (Å²) in [5, 5.41) is 18.8. The van der Waals surface area contributed by atoms with Crippen LogP contribution in [0.15, 0.2) is 24.3 Å². The lowest BCUT2D eigenvalue weighted by atomic mass is 9.80. The molecule has 1 aromatic carbocycles. The van der Waals surface area contributed by atoms with E-state index in [-0.39, 0.29) is 6.61 Å². The van der Waals surface area contributed by atoms with Crippen molar-refractivity contribution in [2.45, 2.75) is 49.0 Å². The summed E-state index contributed by atoms with van der Waals surface area (Å²) in [5.74, 6) is -1.44. The van der Waals surface area contributed by atoms with Gasteiger partial charge in [0.15, 0.2) is 0 Å². The van der Waals surface area contributed by atoms with E-state index in [4.69, 9.17) is 4.74 Å². The Balaban J connectivity index is 1.65. The molecule has 3 heterocycles. The summed E-state index contributed by atoms with van der Waals surface area (Å²) in [6.07, 6.45) is 2.76. The predicted molar refractivity (Wildman–Crippen MR) is 79.9 cm³/mol. The number of aliphatic carboxylic acids is 1. The molecule has 1 aromatic rings. The smallest absolute Gasteiger partial charge is 0.313 e. The molecule has 4 rings (SSSR count). The van der Waals surface area contributed by atoms with E-state index in [1.54, 1.807) is 0 Å². The van der Waals surface area contributed by atoms with Gasteiger partial charge in [-0.15, -0.1) is 0 Å². The van der Waals surface area contributed by atoms with Crippen molar-refractivity contribution >= 4 is 5.97 Å². The minimum atomic E-state index is -0.961. The average molecular weight is 303 g/mol. The van der Waals surface area contributed by atoms with Gasteiger partial charge in [0.05, 0.1) is 6.61 Å². The number of carboxylic acids is 1. The molecule has 0 amide bonds. The molecular formula is C17H21NO4. The van der Waals surface area contributed by atoms with E-state index in [2.05, 4.69) is 11.9 Å². The quantitative estimate of drug-likeness (QED) is 0.817. The zero-order chi connectivity index (χ0) is 15.4. The Morgan fingerprint density at radius 3 is 2.55 bits per heavy atom. The summed E-state index contributed by atoms with van der Waals surface area (Å²) < 4.78 is 5.74. The largest absolute Gasteiger partial charge is 0.481 e. The van der Waals surface area contributed by atoms with E-state index >= 15 is 0 Å². The average Bonchev–Trinajstić information content (AvgIpc) is 3.25. The fraction of sp³-hybridized carbons (Fsp3) is 0.588. The molecule has 0 aliphatic carbocycles. The molecule has 3 saturated heterocycles. The molecular weight excluding hydrogens is 282 g/mol. The number of aliphatic hydroxyl groups excluding tert-OH is 1. The predicted octanol–water partition coefficient (Wildman–Crippen LogP) is 1.17. The number of likely N-dealkylation sites (N-methyl/N-ethyl adjacent to an activating group) is 1. The summed E-state index contributed by atoms with van der Waals surface area (Å²) in [7, 11) is 2.17. The van der Waals surface area contributed by atoms with Crippen molar-refractivity contribution in [3.05, 3.63) is 35.4 Å². The molecule has 6 atom stereocenters. The topological polar surface area (TPSA) is 73.3 Å². The number of rotatable bonds is 4. The van der Waals surface area contributed by atoms with Crippen LogP contribution < -0.4 is 0 Å². The Hall–Kier alpha value is -1.43. The summed E-state index contributed by atoms with van der Waals surface area (Å²) in [5.41, 5.74) is 1.86. The van der Waals surface area contributed by atoms with E-state index < -0.39 is 11.9 Å². The zero-order valence-electron chi connectivity index (χ0n) is 12.6. The number of epoxide rings is 1. The molecule has 22 heavy (non-hydrogen) atoms. The second-order valence-corrected chi connectivity index (χ2v) is 6.74.